The molecule has 3 aromatic rings. The van der Waals surface area contributed by atoms with Crippen molar-refractivity contribution in [3.05, 3.63) is 95.8 Å². The molecule has 0 spiro atoms. The van der Waals surface area contributed by atoms with Crippen LogP contribution in [0.15, 0.2) is 72.9 Å². The normalized spacial score (nSPS) is 11.3. The molecule has 0 amide bonds. The molecule has 2 aromatic carbocycles. The molecule has 0 fully saturated rings. The minimum absolute atomic E-state index is 0. The third kappa shape index (κ3) is 9.49. The van der Waals surface area contributed by atoms with Crippen LogP contribution in [0.2, 0.25) is 0 Å². The molecule has 3 N–H and O–H groups in total. The van der Waals surface area contributed by atoms with E-state index in [9.17, 15) is 4.79 Å². The van der Waals surface area contributed by atoms with Gasteiger partial charge in [0.25, 0.3) is 0 Å². The molecule has 0 bridgehead atoms. The molecule has 1 heterocycles. The number of nitrogens with zero attached hydrogens (tertiary/aromatic N) is 1. The van der Waals surface area contributed by atoms with Gasteiger partial charge in [0, 0.05) is 12.1 Å². The number of benzene rings is 2. The molecule has 8 nitrogen and oxygen atoms in total. The van der Waals surface area contributed by atoms with Gasteiger partial charge in [-0.05, 0) is 29.8 Å². The molecular weight excluding hydrogens is 421 g/mol. The number of rotatable bonds is 6. The minimum Gasteiger partial charge on any atom is -0.482 e. The van der Waals surface area contributed by atoms with Crippen molar-refractivity contribution in [3.8, 4) is 5.75 Å². The van der Waals surface area contributed by atoms with Crippen LogP contribution in [0.3, 0.4) is 0 Å². The number of ether oxygens (including phenoxy) is 1. The van der Waals surface area contributed by atoms with E-state index in [4.69, 9.17) is 27.4 Å². The zero-order valence-corrected chi connectivity index (χ0v) is 18.9. The van der Waals surface area contributed by atoms with Crippen molar-refractivity contribution in [3.63, 3.8) is 0 Å². The van der Waals surface area contributed by atoms with E-state index in [-0.39, 0.29) is 42.1 Å². The van der Waals surface area contributed by atoms with Gasteiger partial charge in [0.15, 0.2) is 6.61 Å². The van der Waals surface area contributed by atoms with Gasteiger partial charge in [0.1, 0.15) is 5.75 Å². The van der Waals surface area contributed by atoms with Crippen molar-refractivity contribution in [2.75, 3.05) is 6.61 Å². The van der Waals surface area contributed by atoms with Crippen molar-refractivity contribution in [2.24, 2.45) is 0 Å². The van der Waals surface area contributed by atoms with Crippen LogP contribution in [0.25, 0.3) is 0 Å². The number of carbonyl (C=O) groups is 1. The smallest absolute Gasteiger partial charge is 0.482 e. The molecule has 1 atom stereocenters. The van der Waals surface area contributed by atoms with E-state index in [2.05, 4.69) is 11.1 Å². The predicted octanol–water partition coefficient (Wildman–Crippen LogP) is -0.123. The number of pyridine rings is 1. The van der Waals surface area contributed by atoms with Crippen LogP contribution >= 0.6 is 0 Å². The van der Waals surface area contributed by atoms with Gasteiger partial charge in [-0.1, -0.05) is 18.2 Å². The molecule has 30 heavy (non-hydrogen) atoms. The summed E-state index contributed by atoms with van der Waals surface area (Å²) in [5, 5.41) is 8.68. The Kier molecular flexibility index (Phi) is 10.7. The average molecular weight is 439 g/mol. The zero-order chi connectivity index (χ0) is 21.3. The minimum atomic E-state index is -4.67. The Balaban J connectivity index is 0.000000674. The Hall–Kier alpha value is -2.27. The second kappa shape index (κ2) is 12.4. The van der Waals surface area contributed by atoms with Crippen LogP contribution in [0.1, 0.15) is 22.7 Å². The molecule has 152 valence electrons. The second-order valence-electron chi connectivity index (χ2n) is 5.72. The molecule has 3 rings (SSSR count). The third-order valence-electron chi connectivity index (χ3n) is 3.64. The summed E-state index contributed by atoms with van der Waals surface area (Å²) in [6.07, 6.45) is 1.78. The number of aromatic nitrogens is 1. The monoisotopic (exact) mass is 439 g/mol. The molecule has 0 aliphatic carbocycles. The van der Waals surface area contributed by atoms with E-state index in [1.54, 1.807) is 18.3 Å². The van der Waals surface area contributed by atoms with Crippen molar-refractivity contribution in [2.45, 2.75) is 5.92 Å². The first-order valence-electron chi connectivity index (χ1n) is 8.25. The molecule has 0 aliphatic heterocycles. The van der Waals surface area contributed by atoms with Gasteiger partial charge >= 0.3 is 45.9 Å². The Morgan fingerprint density at radius 2 is 1.57 bits per heavy atom. The van der Waals surface area contributed by atoms with Crippen molar-refractivity contribution in [1.82, 2.24) is 4.98 Å². The first-order valence-corrected chi connectivity index (χ1v) is 9.65. The molecule has 0 saturated carbocycles. The maximum atomic E-state index is 10.6. The fraction of sp³-hybridized carbons (Fsp3) is 0.100. The summed E-state index contributed by atoms with van der Waals surface area (Å²) >= 11 is 0. The van der Waals surface area contributed by atoms with Gasteiger partial charge in [-0.25, -0.2) is 4.79 Å². The fourth-order valence-electron chi connectivity index (χ4n) is 2.57. The fourth-order valence-corrected chi connectivity index (χ4v) is 2.57. The molecule has 1 aromatic heterocycles. The van der Waals surface area contributed by atoms with Gasteiger partial charge < -0.3 is 9.84 Å². The molecular formula is C20H18NNaO7S. The zero-order valence-electron chi connectivity index (χ0n) is 16.0. The summed E-state index contributed by atoms with van der Waals surface area (Å²) in [6.45, 7) is -0.350. The largest absolute Gasteiger partial charge is 1.00 e. The standard InChI is InChI=1S/C20H16NO3.Na.H2O4S/c22-19(23)14-24-17-11-9-16(10-12-17)20(15-6-2-1-3-7-15)18-8-4-5-13-21-18;;1-5(2,3)4/h2-13,20H,14H2,(H,22,23);;(H2,1,2,3,4)/q-1;+1;. The van der Waals surface area contributed by atoms with Gasteiger partial charge in [-0.15, -0.1) is 5.56 Å². The number of carboxylic acid groups (broad SMARTS) is 1. The van der Waals surface area contributed by atoms with E-state index >= 15 is 0 Å². The first-order chi connectivity index (χ1) is 13.7. The van der Waals surface area contributed by atoms with Gasteiger partial charge in [0.05, 0.1) is 5.69 Å². The second-order valence-corrected chi connectivity index (χ2v) is 6.62. The van der Waals surface area contributed by atoms with Crippen molar-refractivity contribution in [1.29, 1.82) is 0 Å². The van der Waals surface area contributed by atoms with Gasteiger partial charge in [0.2, 0.25) is 0 Å². The Labute approximate surface area is 196 Å². The summed E-state index contributed by atoms with van der Waals surface area (Å²) in [5.74, 6) is -0.470. The quantitative estimate of drug-likeness (QED) is 0.275. The molecule has 0 aliphatic rings. The number of carboxylic acids is 1. The summed E-state index contributed by atoms with van der Waals surface area (Å²) in [7, 11) is -4.67. The van der Waals surface area contributed by atoms with E-state index in [1.807, 2.05) is 54.6 Å². The van der Waals surface area contributed by atoms with Crippen LogP contribution in [0.5, 0.6) is 5.75 Å². The topological polar surface area (TPSA) is 134 Å². The maximum absolute atomic E-state index is 10.6. The Morgan fingerprint density at radius 3 is 2.07 bits per heavy atom. The predicted molar refractivity (Wildman–Crippen MR) is 104 cm³/mol. The third-order valence-corrected chi connectivity index (χ3v) is 3.64. The van der Waals surface area contributed by atoms with Crippen LogP contribution in [-0.4, -0.2) is 40.2 Å². The Bertz CT molecular complexity index is 967. The summed E-state index contributed by atoms with van der Waals surface area (Å²) in [5.41, 5.74) is 3.12. The van der Waals surface area contributed by atoms with Gasteiger partial charge in [-0.2, -0.15) is 38.7 Å². The summed E-state index contributed by atoms with van der Waals surface area (Å²) in [6, 6.07) is 24.1. The van der Waals surface area contributed by atoms with Gasteiger partial charge in [-0.3, -0.25) is 14.1 Å². The van der Waals surface area contributed by atoms with Crippen molar-refractivity contribution < 1.29 is 61.7 Å². The Morgan fingerprint density at radius 1 is 1.00 bits per heavy atom. The van der Waals surface area contributed by atoms with E-state index in [0.29, 0.717) is 5.75 Å². The van der Waals surface area contributed by atoms with Crippen LogP contribution < -0.4 is 34.3 Å². The number of hydrogen-bond donors (Lipinski definition) is 3. The van der Waals surface area contributed by atoms with E-state index in [0.717, 1.165) is 16.8 Å². The van der Waals surface area contributed by atoms with Crippen molar-refractivity contribution >= 4 is 16.4 Å². The maximum Gasteiger partial charge on any atom is 1.00 e. The number of hydrogen-bond acceptors (Lipinski definition) is 5. The van der Waals surface area contributed by atoms with E-state index < -0.39 is 16.4 Å². The summed E-state index contributed by atoms with van der Waals surface area (Å²) < 4.78 is 36.8. The van der Waals surface area contributed by atoms with Crippen LogP contribution in [0, 0.1) is 6.07 Å². The SMILES string of the molecule is O=C(O)COc1ccc(C(c2cc[c-]cc2)c2ccccn2)cc1.O=S(=O)(O)O.[Na+]. The summed E-state index contributed by atoms with van der Waals surface area (Å²) in [4.78, 5) is 15.1. The molecule has 10 heteroatoms. The van der Waals surface area contributed by atoms with E-state index in [1.165, 1.54) is 0 Å². The molecule has 0 radical (unpaired) electrons. The van der Waals surface area contributed by atoms with Crippen LogP contribution in [0.4, 0.5) is 0 Å². The average Bonchev–Trinajstić information content (AvgIpc) is 2.68. The molecule has 0 saturated heterocycles. The van der Waals surface area contributed by atoms with Crippen LogP contribution in [-0.2, 0) is 15.2 Å². The molecule has 1 unspecified atom stereocenters. The number of aliphatic carboxylic acids is 1. The first kappa shape index (κ1) is 25.8.